The Bertz CT molecular complexity index is 1370. The van der Waals surface area contributed by atoms with E-state index in [-0.39, 0.29) is 60.6 Å². The van der Waals surface area contributed by atoms with Crippen LogP contribution in [0.2, 0.25) is 0 Å². The summed E-state index contributed by atoms with van der Waals surface area (Å²) in [6, 6.07) is 7.93. The molecular weight excluding hydrogens is 562 g/mol. The van der Waals surface area contributed by atoms with Gasteiger partial charge in [0.2, 0.25) is 11.8 Å². The number of aromatic nitrogens is 2. The molecule has 5 N–H and O–H groups in total. The Hall–Kier alpha value is -3.68. The van der Waals surface area contributed by atoms with E-state index >= 15 is 0 Å². The number of fused-ring (bicyclic) bond motifs is 4. The van der Waals surface area contributed by atoms with Crippen LogP contribution in [-0.4, -0.2) is 64.2 Å². The van der Waals surface area contributed by atoms with Crippen LogP contribution < -0.4 is 21.7 Å². The predicted molar refractivity (Wildman–Crippen MR) is 157 cm³/mol. The monoisotopic (exact) mass is 597 g/mol. The molecule has 41 heavy (non-hydrogen) atoms. The maximum atomic E-state index is 13.3. The van der Waals surface area contributed by atoms with Crippen molar-refractivity contribution >= 4 is 46.3 Å². The average molecular weight is 598 g/mol. The molecule has 4 amide bonds. The van der Waals surface area contributed by atoms with Crippen LogP contribution in [0.15, 0.2) is 41.1 Å². The van der Waals surface area contributed by atoms with Gasteiger partial charge >= 0.3 is 0 Å². The number of carbonyl (C=O) groups excluding carboxylic acids is 4. The van der Waals surface area contributed by atoms with Crippen LogP contribution in [0.25, 0.3) is 0 Å². The Morgan fingerprint density at radius 3 is 2.34 bits per heavy atom. The molecule has 1 aliphatic heterocycles. The number of carbonyl (C=O) groups is 4. The smallest absolute Gasteiger partial charge is 0.271 e. The molecule has 218 valence electrons. The van der Waals surface area contributed by atoms with Crippen molar-refractivity contribution in [2.45, 2.75) is 51.7 Å². The van der Waals surface area contributed by atoms with Crippen molar-refractivity contribution in [3.63, 3.8) is 0 Å². The summed E-state index contributed by atoms with van der Waals surface area (Å²) in [5.41, 5.74) is 7.32. The lowest BCUT2D eigenvalue weighted by Crippen LogP contribution is -2.48. The molecule has 13 heteroatoms. The number of hydrogen-bond donors (Lipinski definition) is 4. The third-order valence-electron chi connectivity index (χ3n) is 6.57. The van der Waals surface area contributed by atoms with Gasteiger partial charge in [0.25, 0.3) is 11.8 Å². The van der Waals surface area contributed by atoms with E-state index in [1.165, 1.54) is 27.6 Å². The van der Waals surface area contributed by atoms with Crippen molar-refractivity contribution in [2.24, 2.45) is 11.7 Å². The Labute approximate surface area is 246 Å². The highest BCUT2D eigenvalue weighted by atomic mass is 32.1. The number of hydrogen-bond acceptors (Lipinski definition) is 9. The molecule has 2 aromatic heterocycles. The molecule has 1 aliphatic rings. The lowest BCUT2D eigenvalue weighted by molar-refractivity contribution is -0.137. The summed E-state index contributed by atoms with van der Waals surface area (Å²) in [5, 5.41) is 13.4. The van der Waals surface area contributed by atoms with E-state index in [9.17, 15) is 19.2 Å². The molecule has 3 aromatic rings. The molecule has 0 aliphatic carbocycles. The first-order valence-corrected chi connectivity index (χ1v) is 15.3. The maximum absolute atomic E-state index is 13.3. The van der Waals surface area contributed by atoms with Gasteiger partial charge in [0.1, 0.15) is 21.4 Å². The third kappa shape index (κ3) is 7.96. The van der Waals surface area contributed by atoms with E-state index in [4.69, 9.17) is 5.73 Å². The lowest BCUT2D eigenvalue weighted by Gasteiger charge is -2.25. The molecule has 0 radical (unpaired) electrons. The van der Waals surface area contributed by atoms with Crippen LogP contribution in [0.4, 0.5) is 0 Å². The van der Waals surface area contributed by atoms with Gasteiger partial charge < -0.3 is 26.6 Å². The van der Waals surface area contributed by atoms with Gasteiger partial charge in [-0.05, 0) is 31.2 Å². The highest BCUT2D eigenvalue weighted by Crippen LogP contribution is 2.27. The van der Waals surface area contributed by atoms with Gasteiger partial charge in [-0.1, -0.05) is 44.2 Å². The highest BCUT2D eigenvalue weighted by Gasteiger charge is 2.27. The van der Waals surface area contributed by atoms with Crippen LogP contribution in [-0.2, 0) is 16.0 Å². The zero-order valence-electron chi connectivity index (χ0n) is 23.3. The number of nitrogens with zero attached hydrogens (tertiary/aromatic N) is 3. The van der Waals surface area contributed by atoms with Gasteiger partial charge in [-0.2, -0.15) is 0 Å². The van der Waals surface area contributed by atoms with Crippen molar-refractivity contribution in [3.05, 3.63) is 68.1 Å². The van der Waals surface area contributed by atoms with Gasteiger partial charge in [-0.25, -0.2) is 9.97 Å². The zero-order chi connectivity index (χ0) is 29.5. The van der Waals surface area contributed by atoms with Gasteiger partial charge in [0.15, 0.2) is 0 Å². The minimum atomic E-state index is -0.790. The molecule has 1 unspecified atom stereocenters. The van der Waals surface area contributed by atoms with E-state index in [1.54, 1.807) is 17.7 Å². The van der Waals surface area contributed by atoms with Gasteiger partial charge in [-0.15, -0.1) is 22.7 Å². The number of nitrogens with two attached hydrogens (primary N) is 1. The fourth-order valence-electron chi connectivity index (χ4n) is 4.40. The standard InChI is InChI=1S/C28H35N7O4S2/c1-16(2)23-27-33-20(14-41-27)24(37)30-10-7-11-35(28(39)17(3)29)13-22(36)31-19(12-18-8-5-4-6-9-18)26-32-21(15-40-26)25(38)34-23/h4-6,8-9,14-17,19,23H,7,10-13,29H2,1-3H3,(H,30,37)(H,31,36)(H,34,38)/t17-,19?,23+/m1/s1. The number of amides is 4. The Morgan fingerprint density at radius 1 is 1.00 bits per heavy atom. The van der Waals surface area contributed by atoms with Crippen molar-refractivity contribution in [1.82, 2.24) is 30.8 Å². The Balaban J connectivity index is 1.67. The molecular formula is C28H35N7O4S2. The van der Waals surface area contributed by atoms with Crippen molar-refractivity contribution in [3.8, 4) is 0 Å². The van der Waals surface area contributed by atoms with E-state index in [0.717, 1.165) is 5.56 Å². The maximum Gasteiger partial charge on any atom is 0.271 e. The minimum Gasteiger partial charge on any atom is -0.351 e. The van der Waals surface area contributed by atoms with E-state index < -0.39 is 18.1 Å². The zero-order valence-corrected chi connectivity index (χ0v) is 24.9. The summed E-state index contributed by atoms with van der Waals surface area (Å²) < 4.78 is 0. The molecule has 1 aromatic carbocycles. The Morgan fingerprint density at radius 2 is 1.66 bits per heavy atom. The first kappa shape index (κ1) is 30.3. The average Bonchev–Trinajstić information content (AvgIpc) is 3.63. The molecule has 4 bridgehead atoms. The molecule has 3 atom stereocenters. The topological polar surface area (TPSA) is 159 Å². The van der Waals surface area contributed by atoms with Crippen LogP contribution in [0.1, 0.15) is 75.8 Å². The third-order valence-corrected chi connectivity index (χ3v) is 8.46. The van der Waals surface area contributed by atoms with Crippen LogP contribution in [0.5, 0.6) is 0 Å². The van der Waals surface area contributed by atoms with Crippen LogP contribution in [0.3, 0.4) is 0 Å². The molecule has 11 nitrogen and oxygen atoms in total. The van der Waals surface area contributed by atoms with Crippen molar-refractivity contribution < 1.29 is 19.2 Å². The summed E-state index contributed by atoms with van der Waals surface area (Å²) in [7, 11) is 0. The van der Waals surface area contributed by atoms with Gasteiger partial charge in [-0.3, -0.25) is 19.2 Å². The largest absolute Gasteiger partial charge is 0.351 e. The number of benzene rings is 1. The summed E-state index contributed by atoms with van der Waals surface area (Å²) in [5.74, 6) is -1.46. The second kappa shape index (κ2) is 13.8. The quantitative estimate of drug-likeness (QED) is 0.359. The molecule has 0 saturated heterocycles. The predicted octanol–water partition coefficient (Wildman–Crippen LogP) is 2.44. The van der Waals surface area contributed by atoms with Gasteiger partial charge in [0, 0.05) is 23.8 Å². The van der Waals surface area contributed by atoms with Crippen LogP contribution in [0, 0.1) is 5.92 Å². The highest BCUT2D eigenvalue weighted by molar-refractivity contribution is 7.10. The Kier molecular flexibility index (Phi) is 10.2. The normalized spacial score (nSPS) is 19.8. The lowest BCUT2D eigenvalue weighted by atomic mass is 10.0. The van der Waals surface area contributed by atoms with E-state index in [2.05, 4.69) is 25.9 Å². The number of thiazole rings is 2. The number of rotatable bonds is 4. The second-order valence-corrected chi connectivity index (χ2v) is 12.1. The molecule has 0 spiro atoms. The molecule has 4 rings (SSSR count). The summed E-state index contributed by atoms with van der Waals surface area (Å²) >= 11 is 2.59. The van der Waals surface area contributed by atoms with E-state index in [0.29, 0.717) is 22.9 Å². The summed E-state index contributed by atoms with van der Waals surface area (Å²) in [6.45, 7) is 5.81. The summed E-state index contributed by atoms with van der Waals surface area (Å²) in [6.07, 6.45) is 0.868. The fourth-order valence-corrected chi connectivity index (χ4v) is 6.27. The minimum absolute atomic E-state index is 0.00630. The van der Waals surface area contributed by atoms with Crippen molar-refractivity contribution in [2.75, 3.05) is 19.6 Å². The van der Waals surface area contributed by atoms with E-state index in [1.807, 2.05) is 44.2 Å². The molecule has 3 heterocycles. The van der Waals surface area contributed by atoms with Gasteiger partial charge in [0.05, 0.1) is 24.7 Å². The number of nitrogens with one attached hydrogen (secondary N) is 3. The first-order chi connectivity index (χ1) is 19.6. The fraction of sp³-hybridized carbons (Fsp3) is 0.429. The molecule has 0 fully saturated rings. The second-order valence-electron chi connectivity index (χ2n) is 10.3. The molecule has 0 saturated carbocycles. The van der Waals surface area contributed by atoms with Crippen LogP contribution >= 0.6 is 22.7 Å². The first-order valence-electron chi connectivity index (χ1n) is 13.5. The van der Waals surface area contributed by atoms with Crippen molar-refractivity contribution in [1.29, 1.82) is 0 Å². The SMILES string of the molecule is CC(C)[C@@H]1NC(=O)c2csc(n2)C(Cc2ccccc2)NC(=O)CN(C(=O)[C@@H](C)N)CCCNC(=O)c2csc1n2. The summed E-state index contributed by atoms with van der Waals surface area (Å²) in [4.78, 5) is 62.6.